The zero-order chi connectivity index (χ0) is 50.8. The van der Waals surface area contributed by atoms with E-state index in [0.717, 1.165) is 44.5 Å². The molecule has 0 spiro atoms. The number of nitrogens with zero attached hydrogens (tertiary/aromatic N) is 8. The van der Waals surface area contributed by atoms with Gasteiger partial charge in [-0.05, 0) is 195 Å². The Balaban J connectivity index is 1.26. The van der Waals surface area contributed by atoms with Crippen molar-refractivity contribution >= 4 is 45.5 Å². The molecule has 0 amide bonds. The number of hydrogen-bond donors (Lipinski definition) is 4. The molecule has 8 aromatic carbocycles. The lowest BCUT2D eigenvalue weighted by Crippen LogP contribution is -2.02. The maximum Gasteiger partial charge on any atom is 0.124 e. The van der Waals surface area contributed by atoms with Gasteiger partial charge in [0.25, 0.3) is 0 Å². The van der Waals surface area contributed by atoms with Crippen LogP contribution in [0.3, 0.4) is 0 Å². The third kappa shape index (κ3) is 10.9. The number of aryl methyl sites for hydroxylation is 8. The second-order valence-electron chi connectivity index (χ2n) is 19.2. The van der Waals surface area contributed by atoms with Crippen LogP contribution in [-0.4, -0.2) is 20.4 Å². The van der Waals surface area contributed by atoms with Crippen molar-refractivity contribution in [2.75, 3.05) is 0 Å². The molecule has 0 atom stereocenters. The monoisotopic (exact) mass is 952 g/mol. The van der Waals surface area contributed by atoms with Crippen molar-refractivity contribution < 1.29 is 20.4 Å². The van der Waals surface area contributed by atoms with E-state index in [0.29, 0.717) is 90.0 Å². The van der Waals surface area contributed by atoms with Gasteiger partial charge in [0.1, 0.15) is 23.0 Å². The van der Waals surface area contributed by atoms with Gasteiger partial charge in [-0.1, -0.05) is 48.5 Å². The van der Waals surface area contributed by atoms with Gasteiger partial charge in [-0.15, -0.1) is 0 Å². The normalized spacial score (nSPS) is 12.8. The lowest BCUT2D eigenvalue weighted by molar-refractivity contribution is 0.451. The fourth-order valence-electron chi connectivity index (χ4n) is 9.58. The molecule has 12 heteroatoms. The second kappa shape index (κ2) is 20.4. The van der Waals surface area contributed by atoms with Crippen LogP contribution in [0.1, 0.15) is 89.0 Å². The van der Waals surface area contributed by atoms with E-state index in [1.165, 1.54) is 0 Å². The lowest BCUT2D eigenvalue weighted by Gasteiger charge is -2.19. The molecule has 12 nitrogen and oxygen atoms in total. The van der Waals surface area contributed by atoms with Gasteiger partial charge in [-0.2, -0.15) is 40.9 Å². The number of phenols is 4. The van der Waals surface area contributed by atoms with Crippen molar-refractivity contribution in [2.45, 2.75) is 81.1 Å². The van der Waals surface area contributed by atoms with Crippen molar-refractivity contribution in [3.8, 4) is 23.0 Å². The summed E-state index contributed by atoms with van der Waals surface area (Å²) >= 11 is 0. The molecule has 0 aromatic heterocycles. The Bertz CT molecular complexity index is 3030. The summed E-state index contributed by atoms with van der Waals surface area (Å²) in [5.41, 5.74) is 15.8. The van der Waals surface area contributed by atoms with E-state index in [4.69, 9.17) is 20.5 Å². The van der Waals surface area contributed by atoms with Crippen molar-refractivity contribution in [3.63, 3.8) is 0 Å². The van der Waals surface area contributed by atoms with Gasteiger partial charge in [0.2, 0.25) is 0 Å². The Hall–Kier alpha value is -8.64. The van der Waals surface area contributed by atoms with Crippen LogP contribution < -0.4 is 0 Å². The molecule has 4 N–H and O–H groups in total. The average molecular weight is 953 g/mol. The van der Waals surface area contributed by atoms with Crippen molar-refractivity contribution in [1.29, 1.82) is 0 Å². The summed E-state index contributed by atoms with van der Waals surface area (Å²) < 4.78 is 0. The predicted octanol–water partition coefficient (Wildman–Crippen LogP) is 17.3. The summed E-state index contributed by atoms with van der Waals surface area (Å²) in [4.78, 5) is 0. The first-order valence-electron chi connectivity index (χ1n) is 23.9. The molecule has 0 saturated carbocycles. The van der Waals surface area contributed by atoms with Crippen molar-refractivity contribution in [2.24, 2.45) is 40.9 Å². The Morgan fingerprint density at radius 2 is 0.431 bits per heavy atom. The molecule has 0 heterocycles. The van der Waals surface area contributed by atoms with E-state index in [1.807, 2.05) is 104 Å². The molecule has 360 valence electrons. The highest BCUT2D eigenvalue weighted by atomic mass is 16.3. The molecule has 72 heavy (non-hydrogen) atoms. The topological polar surface area (TPSA) is 180 Å². The van der Waals surface area contributed by atoms with Crippen LogP contribution in [-0.2, 0) is 25.7 Å². The molecule has 8 aromatic rings. The minimum absolute atomic E-state index is 0.0223. The van der Waals surface area contributed by atoms with Crippen LogP contribution >= 0.6 is 0 Å². The summed E-state index contributed by atoms with van der Waals surface area (Å²) in [7, 11) is 0. The summed E-state index contributed by atoms with van der Waals surface area (Å²) in [5, 5.41) is 87.2. The number of fused-ring (bicyclic) bond motifs is 8. The van der Waals surface area contributed by atoms with Crippen LogP contribution in [0.5, 0.6) is 23.0 Å². The second-order valence-corrected chi connectivity index (χ2v) is 19.2. The first kappa shape index (κ1) is 48.4. The van der Waals surface area contributed by atoms with E-state index in [-0.39, 0.29) is 48.7 Å². The Labute approximate surface area is 419 Å². The Morgan fingerprint density at radius 3 is 0.611 bits per heavy atom. The predicted molar refractivity (Wildman–Crippen MR) is 284 cm³/mol. The number of azo groups is 4. The van der Waals surface area contributed by atoms with Gasteiger partial charge in [-0.25, -0.2) is 0 Å². The van der Waals surface area contributed by atoms with Gasteiger partial charge in [-0.3, -0.25) is 0 Å². The Morgan fingerprint density at radius 1 is 0.250 bits per heavy atom. The molecule has 0 saturated heterocycles. The van der Waals surface area contributed by atoms with Gasteiger partial charge in [0, 0.05) is 47.9 Å². The largest absolute Gasteiger partial charge is 0.507 e. The zero-order valence-electron chi connectivity index (χ0n) is 41.7. The molecule has 8 bridgehead atoms. The minimum Gasteiger partial charge on any atom is -0.507 e. The summed E-state index contributed by atoms with van der Waals surface area (Å²) in [5.74, 6) is -0.343. The van der Waals surface area contributed by atoms with Gasteiger partial charge in [0.05, 0.1) is 45.5 Å². The molecule has 0 aliphatic heterocycles. The number of aromatic hydroxyl groups is 4. The molecule has 0 radical (unpaired) electrons. The standard InChI is InChI=1S/C60H56N8O4/c1-33-17-34(2)22-45(21-33)61-65-53-13-9-41-30-50-55(67-63-47-25-37(5)19-38(6)26-47)15-11-44(59(50)71)32-52-56(68-64-48-27-39(7)20-40(8)28-48)16-12-43(60(52)72)31-51-54(66-62-46-23-35(3)18-36(4)24-46)14-10-42(58(51)70)29-49(53)57(41)69/h9-28,69-72H,29-32H2,1-8H3. The first-order chi connectivity index (χ1) is 34.5. The van der Waals surface area contributed by atoms with Crippen LogP contribution in [0.15, 0.2) is 162 Å². The molecular formula is C60H56N8O4. The quantitative estimate of drug-likeness (QED) is 0.111. The zero-order valence-corrected chi connectivity index (χ0v) is 41.7. The lowest BCUT2D eigenvalue weighted by atomic mass is 9.89. The number of hydrogen-bond acceptors (Lipinski definition) is 12. The molecule has 9 rings (SSSR count). The van der Waals surface area contributed by atoms with Gasteiger partial charge >= 0.3 is 0 Å². The van der Waals surface area contributed by atoms with Gasteiger partial charge in [0.15, 0.2) is 0 Å². The first-order valence-corrected chi connectivity index (χ1v) is 23.9. The number of rotatable bonds is 8. The number of phenolic OH excluding ortho intramolecular Hbond substituents is 4. The van der Waals surface area contributed by atoms with E-state index in [9.17, 15) is 20.4 Å². The fourth-order valence-corrected chi connectivity index (χ4v) is 9.58. The summed E-state index contributed by atoms with van der Waals surface area (Å²) in [6, 6.07) is 37.9. The third-order valence-electron chi connectivity index (χ3n) is 12.8. The molecular weight excluding hydrogens is 897 g/mol. The van der Waals surface area contributed by atoms with Gasteiger partial charge < -0.3 is 20.4 Å². The van der Waals surface area contributed by atoms with Crippen molar-refractivity contribution in [1.82, 2.24) is 0 Å². The van der Waals surface area contributed by atoms with Crippen LogP contribution in [0.2, 0.25) is 0 Å². The summed E-state index contributed by atoms with van der Waals surface area (Å²) in [6.45, 7) is 16.0. The highest BCUT2D eigenvalue weighted by Gasteiger charge is 2.25. The molecule has 1 aliphatic carbocycles. The highest BCUT2D eigenvalue weighted by Crippen LogP contribution is 2.46. The van der Waals surface area contributed by atoms with Crippen LogP contribution in [0.4, 0.5) is 45.5 Å². The van der Waals surface area contributed by atoms with E-state index >= 15 is 0 Å². The maximum atomic E-state index is 12.5. The van der Waals surface area contributed by atoms with Crippen molar-refractivity contribution in [3.05, 3.63) is 210 Å². The van der Waals surface area contributed by atoms with E-state index in [2.05, 4.69) is 44.7 Å². The molecule has 1 aliphatic rings. The smallest absolute Gasteiger partial charge is 0.124 e. The van der Waals surface area contributed by atoms with Crippen LogP contribution in [0, 0.1) is 55.4 Å². The third-order valence-corrected chi connectivity index (χ3v) is 12.8. The minimum atomic E-state index is -0.0857. The number of benzene rings is 8. The molecule has 0 unspecified atom stereocenters. The van der Waals surface area contributed by atoms with Crippen LogP contribution in [0.25, 0.3) is 0 Å². The molecule has 0 fully saturated rings. The maximum absolute atomic E-state index is 12.5. The SMILES string of the molecule is Cc1cc(C)cc(N=Nc2ccc3c(O)c2Cc2ccc(N=Nc4cc(C)cc(C)c4)c(c2O)Cc2ccc(N=Nc4cc(C)cc(C)c4)c(c2O)Cc2ccc(N=Nc4cc(C)cc(C)c4)c(c2O)C3)c1. The highest BCUT2D eigenvalue weighted by molar-refractivity contribution is 5.68. The van der Waals surface area contributed by atoms with E-state index in [1.54, 1.807) is 48.5 Å². The average Bonchev–Trinajstić information content (AvgIpc) is 3.30. The fraction of sp³-hybridized carbons (Fsp3) is 0.200. The van der Waals surface area contributed by atoms with E-state index < -0.39 is 0 Å². The Kier molecular flexibility index (Phi) is 13.7. The summed E-state index contributed by atoms with van der Waals surface area (Å²) in [6.07, 6.45) is 0.0892.